The Hall–Kier alpha value is -2.79. The minimum atomic E-state index is -4.05. The first kappa shape index (κ1) is 25.3. The molecule has 2 aliphatic carbocycles. The van der Waals surface area contributed by atoms with Gasteiger partial charge in [0.2, 0.25) is 0 Å². The van der Waals surface area contributed by atoms with Crippen LogP contribution < -0.4 is 5.32 Å². The number of hydrogen-bond donors (Lipinski definition) is 2. The van der Waals surface area contributed by atoms with Crippen LogP contribution in [0.5, 0.6) is 0 Å². The van der Waals surface area contributed by atoms with Crippen LogP contribution in [-0.4, -0.2) is 36.8 Å². The number of aliphatic hydroxyl groups excluding tert-OH is 1. The van der Waals surface area contributed by atoms with Crippen LogP contribution >= 0.6 is 11.6 Å². The Balaban J connectivity index is 1.64. The minimum absolute atomic E-state index is 0.103. The molecule has 2 N–H and O–H groups in total. The fourth-order valence-corrected chi connectivity index (χ4v) is 8.16. The van der Waals surface area contributed by atoms with Crippen LogP contribution in [0.15, 0.2) is 40.3 Å². The smallest absolute Gasteiger partial charge is 0.255 e. The molecule has 4 rings (SSSR count). The minimum Gasteiger partial charge on any atom is -0.396 e. The van der Waals surface area contributed by atoms with E-state index in [2.05, 4.69) is 15.3 Å². The molecule has 0 radical (unpaired) electrons. The Kier molecular flexibility index (Phi) is 6.76. The summed E-state index contributed by atoms with van der Waals surface area (Å²) in [5, 5.41) is 14.8. The van der Waals surface area contributed by atoms with E-state index in [0.717, 1.165) is 6.07 Å². The van der Waals surface area contributed by atoms with E-state index in [1.165, 1.54) is 12.1 Å². The van der Waals surface area contributed by atoms with Crippen molar-refractivity contribution in [3.05, 3.63) is 68.8 Å². The number of nitrogens with zero attached hydrogens (tertiary/aromatic N) is 3. The third-order valence-electron chi connectivity index (χ3n) is 6.77. The van der Waals surface area contributed by atoms with Crippen LogP contribution in [0.2, 0.25) is 5.02 Å². The van der Waals surface area contributed by atoms with Crippen molar-refractivity contribution in [2.24, 2.45) is 17.0 Å². The maximum absolute atomic E-state index is 13.7. The Labute approximate surface area is 203 Å². The van der Waals surface area contributed by atoms with Gasteiger partial charge in [-0.1, -0.05) is 16.7 Å². The lowest BCUT2D eigenvalue weighted by molar-refractivity contribution is 0.102. The molecule has 0 aromatic heterocycles. The summed E-state index contributed by atoms with van der Waals surface area (Å²) in [4.78, 5) is 15.2. The average molecular weight is 529 g/mol. The molecule has 186 valence electrons. The van der Waals surface area contributed by atoms with Gasteiger partial charge in [0, 0.05) is 28.3 Å². The van der Waals surface area contributed by atoms with Gasteiger partial charge in [-0.05, 0) is 61.2 Å². The third kappa shape index (κ3) is 4.58. The van der Waals surface area contributed by atoms with Gasteiger partial charge in [-0.25, -0.2) is 21.6 Å². The van der Waals surface area contributed by atoms with Gasteiger partial charge in [0.15, 0.2) is 27.3 Å². The summed E-state index contributed by atoms with van der Waals surface area (Å²) >= 11 is 6.21. The van der Waals surface area contributed by atoms with E-state index in [0.29, 0.717) is 25.0 Å². The molecule has 35 heavy (non-hydrogen) atoms. The lowest BCUT2D eigenvalue weighted by atomic mass is 9.76. The van der Waals surface area contributed by atoms with Crippen LogP contribution in [0.4, 0.5) is 18.9 Å². The first-order chi connectivity index (χ1) is 16.5. The van der Waals surface area contributed by atoms with E-state index < -0.39 is 50.6 Å². The van der Waals surface area contributed by atoms with Gasteiger partial charge < -0.3 is 10.4 Å². The Morgan fingerprint density at radius 2 is 1.77 bits per heavy atom. The van der Waals surface area contributed by atoms with Crippen LogP contribution in [0.3, 0.4) is 0 Å². The fourth-order valence-electron chi connectivity index (χ4n) is 5.32. The normalized spacial score (nSPS) is 25.7. The molecule has 2 aliphatic rings. The predicted octanol–water partition coefficient (Wildman–Crippen LogP) is 5.01. The lowest BCUT2D eigenvalue weighted by Crippen LogP contribution is -2.46. The van der Waals surface area contributed by atoms with Crippen molar-refractivity contribution in [1.82, 2.24) is 0 Å². The molecule has 2 aromatic rings. The van der Waals surface area contributed by atoms with E-state index in [9.17, 15) is 31.5 Å². The predicted molar refractivity (Wildman–Crippen MR) is 121 cm³/mol. The number of fused-ring (bicyclic) bond motifs is 2. The molecule has 13 heteroatoms. The topological polar surface area (TPSA) is 132 Å². The largest absolute Gasteiger partial charge is 0.396 e. The van der Waals surface area contributed by atoms with Crippen molar-refractivity contribution in [2.45, 2.75) is 41.4 Å². The number of carbonyl (C=O) groups is 1. The third-order valence-corrected chi connectivity index (χ3v) is 9.65. The number of azide groups is 1. The number of aliphatic hydroxyl groups is 1. The summed E-state index contributed by atoms with van der Waals surface area (Å²) in [5.74, 6) is -6.31. The molecule has 0 heterocycles. The van der Waals surface area contributed by atoms with Crippen molar-refractivity contribution in [1.29, 1.82) is 0 Å². The molecular formula is C22H20ClF3N4O4S. The quantitative estimate of drug-likeness (QED) is 0.236. The second-order valence-corrected chi connectivity index (χ2v) is 11.4. The highest BCUT2D eigenvalue weighted by molar-refractivity contribution is 7.92. The van der Waals surface area contributed by atoms with Crippen LogP contribution in [0.1, 0.15) is 36.0 Å². The number of nitrogens with one attached hydrogen (secondary N) is 1. The first-order valence-corrected chi connectivity index (χ1v) is 12.6. The fraction of sp³-hybridized carbons (Fsp3) is 0.409. The maximum Gasteiger partial charge on any atom is 0.255 e. The van der Waals surface area contributed by atoms with Crippen molar-refractivity contribution < 1.29 is 31.5 Å². The van der Waals surface area contributed by atoms with Crippen molar-refractivity contribution >= 4 is 33.0 Å². The van der Waals surface area contributed by atoms with Crippen molar-refractivity contribution in [2.75, 3.05) is 11.9 Å². The highest BCUT2D eigenvalue weighted by Crippen LogP contribution is 2.52. The molecule has 1 amide bonds. The number of carbonyl (C=O) groups excluding carboxylic acids is 1. The summed E-state index contributed by atoms with van der Waals surface area (Å²) in [5.41, 5.74) is 7.34. The second kappa shape index (κ2) is 9.34. The van der Waals surface area contributed by atoms with Gasteiger partial charge in [-0.15, -0.1) is 0 Å². The maximum atomic E-state index is 13.7. The number of hydrogen-bond acceptors (Lipinski definition) is 5. The van der Waals surface area contributed by atoms with Gasteiger partial charge in [0.1, 0.15) is 0 Å². The summed E-state index contributed by atoms with van der Waals surface area (Å²) in [6, 6.07) is 4.77. The molecular weight excluding hydrogens is 509 g/mol. The molecule has 2 aromatic carbocycles. The van der Waals surface area contributed by atoms with Gasteiger partial charge in [-0.2, -0.15) is 0 Å². The Morgan fingerprint density at radius 3 is 2.31 bits per heavy atom. The average Bonchev–Trinajstić information content (AvgIpc) is 3.10. The number of amides is 1. The van der Waals surface area contributed by atoms with Gasteiger partial charge >= 0.3 is 0 Å². The van der Waals surface area contributed by atoms with E-state index in [4.69, 9.17) is 17.1 Å². The monoisotopic (exact) mass is 528 g/mol. The van der Waals surface area contributed by atoms with Gasteiger partial charge in [0.25, 0.3) is 5.91 Å². The van der Waals surface area contributed by atoms with Crippen molar-refractivity contribution in [3.63, 3.8) is 0 Å². The lowest BCUT2D eigenvalue weighted by Gasteiger charge is -2.40. The highest BCUT2D eigenvalue weighted by atomic mass is 35.5. The zero-order valence-electron chi connectivity index (χ0n) is 18.1. The number of anilines is 1. The highest BCUT2D eigenvalue weighted by Gasteiger charge is 2.54. The molecule has 0 aliphatic heterocycles. The first-order valence-electron chi connectivity index (χ1n) is 10.7. The van der Waals surface area contributed by atoms with E-state index in [1.807, 2.05) is 0 Å². The molecule has 2 unspecified atom stereocenters. The molecule has 8 nitrogen and oxygen atoms in total. The summed E-state index contributed by atoms with van der Waals surface area (Å²) in [6.07, 6.45) is 1.54. The molecule has 2 atom stereocenters. The molecule has 2 bridgehead atoms. The SMILES string of the molecule is [N-]=[N+]=N[C@]1(CO)CC2CCC(C1)[C@H]2S(=O)(=O)c1cc(C(=O)Nc2cc(F)c(F)c(F)c2)ccc1Cl. The summed E-state index contributed by atoms with van der Waals surface area (Å²) < 4.78 is 67.5. The Bertz CT molecular complexity index is 1310. The number of sulfone groups is 1. The Morgan fingerprint density at radius 1 is 1.17 bits per heavy atom. The van der Waals surface area contributed by atoms with Crippen LogP contribution in [-0.2, 0) is 9.84 Å². The van der Waals surface area contributed by atoms with Crippen LogP contribution in [0, 0.1) is 29.3 Å². The number of rotatable bonds is 6. The van der Waals surface area contributed by atoms with E-state index >= 15 is 0 Å². The summed E-state index contributed by atoms with van der Waals surface area (Å²) in [6.45, 7) is -0.391. The van der Waals surface area contributed by atoms with Gasteiger partial charge in [0.05, 0.1) is 27.3 Å². The second-order valence-electron chi connectivity index (χ2n) is 8.94. The van der Waals surface area contributed by atoms with E-state index in [1.54, 1.807) is 0 Å². The number of benzene rings is 2. The molecule has 0 saturated heterocycles. The molecule has 2 fully saturated rings. The van der Waals surface area contributed by atoms with Gasteiger partial charge in [-0.3, -0.25) is 4.79 Å². The molecule has 0 spiro atoms. The van der Waals surface area contributed by atoms with Crippen LogP contribution in [0.25, 0.3) is 10.4 Å². The molecule has 2 saturated carbocycles. The zero-order valence-corrected chi connectivity index (χ0v) is 19.7. The van der Waals surface area contributed by atoms with E-state index in [-0.39, 0.29) is 45.8 Å². The number of halogens is 4. The zero-order chi connectivity index (χ0) is 25.5. The summed E-state index contributed by atoms with van der Waals surface area (Å²) in [7, 11) is -4.05. The standard InChI is InChI=1S/C22H20ClF3N4O4S/c23-15-4-3-11(21(32)28-14-6-16(24)19(26)17(25)7-14)5-18(15)35(33,34)20-12-1-2-13(20)9-22(8-12,10-31)29-30-27/h3-7,12-13,20,31H,1-2,8-10H2,(H,28,32)/t12?,13?,20-,22+. The van der Waals surface area contributed by atoms with Crippen molar-refractivity contribution in [3.8, 4) is 0 Å².